The summed E-state index contributed by atoms with van der Waals surface area (Å²) in [6, 6.07) is 9.86. The first-order valence-electron chi connectivity index (χ1n) is 6.23. The summed E-state index contributed by atoms with van der Waals surface area (Å²) in [6.07, 6.45) is 3.14. The minimum absolute atomic E-state index is 0.141. The number of morpholine rings is 1. The van der Waals surface area contributed by atoms with Crippen molar-refractivity contribution in [3.63, 3.8) is 0 Å². The summed E-state index contributed by atoms with van der Waals surface area (Å²) in [5.74, 6) is 0.767. The lowest BCUT2D eigenvalue weighted by atomic mass is 10.0. The molecule has 1 aliphatic heterocycles. The van der Waals surface area contributed by atoms with Crippen molar-refractivity contribution in [3.8, 4) is 6.07 Å². The van der Waals surface area contributed by atoms with Gasteiger partial charge in [0.2, 0.25) is 0 Å². The molecular formula is C14H16N2O. The predicted octanol–water partition coefficient (Wildman–Crippen LogP) is 2.00. The molecule has 88 valence electrons. The van der Waals surface area contributed by atoms with Crippen molar-refractivity contribution < 1.29 is 4.74 Å². The van der Waals surface area contributed by atoms with E-state index in [4.69, 9.17) is 10.00 Å². The molecule has 2 atom stereocenters. The van der Waals surface area contributed by atoms with Crippen LogP contribution in [0.1, 0.15) is 30.1 Å². The summed E-state index contributed by atoms with van der Waals surface area (Å²) >= 11 is 0. The van der Waals surface area contributed by atoms with Crippen LogP contribution in [0.5, 0.6) is 0 Å². The van der Waals surface area contributed by atoms with Gasteiger partial charge in [-0.25, -0.2) is 0 Å². The van der Waals surface area contributed by atoms with Crippen LogP contribution in [-0.4, -0.2) is 19.2 Å². The minimum atomic E-state index is 0.141. The maximum absolute atomic E-state index is 8.77. The Kier molecular flexibility index (Phi) is 2.84. The van der Waals surface area contributed by atoms with Gasteiger partial charge < -0.3 is 10.1 Å². The van der Waals surface area contributed by atoms with Crippen LogP contribution in [0, 0.1) is 17.2 Å². The van der Waals surface area contributed by atoms with E-state index in [0.29, 0.717) is 11.7 Å². The third-order valence-electron chi connectivity index (χ3n) is 3.57. The van der Waals surface area contributed by atoms with Crippen LogP contribution >= 0.6 is 0 Å². The van der Waals surface area contributed by atoms with E-state index in [0.717, 1.165) is 19.0 Å². The van der Waals surface area contributed by atoms with Crippen LogP contribution in [0.25, 0.3) is 0 Å². The molecule has 1 aromatic carbocycles. The van der Waals surface area contributed by atoms with Gasteiger partial charge in [-0.3, -0.25) is 0 Å². The fourth-order valence-electron chi connectivity index (χ4n) is 2.38. The van der Waals surface area contributed by atoms with Crippen LogP contribution in [0.3, 0.4) is 0 Å². The highest BCUT2D eigenvalue weighted by Crippen LogP contribution is 2.37. The van der Waals surface area contributed by atoms with Gasteiger partial charge >= 0.3 is 0 Å². The molecule has 3 nitrogen and oxygen atoms in total. The standard InChI is InChI=1S/C14H16N2O/c15-7-10-1-3-11(4-2-10)13-8-16-9-14(17-13)12-5-6-12/h1-4,12-14,16H,5-6,8-9H2. The number of ether oxygens (including phenoxy) is 1. The molecule has 1 saturated carbocycles. The summed E-state index contributed by atoms with van der Waals surface area (Å²) in [6.45, 7) is 1.85. The average molecular weight is 228 g/mol. The third-order valence-corrected chi connectivity index (χ3v) is 3.57. The van der Waals surface area contributed by atoms with Crippen molar-refractivity contribution in [1.29, 1.82) is 5.26 Å². The van der Waals surface area contributed by atoms with E-state index >= 15 is 0 Å². The molecule has 1 heterocycles. The van der Waals surface area contributed by atoms with Crippen molar-refractivity contribution in [2.75, 3.05) is 13.1 Å². The van der Waals surface area contributed by atoms with Crippen molar-refractivity contribution in [1.82, 2.24) is 5.32 Å². The summed E-state index contributed by atoms with van der Waals surface area (Å²) in [5.41, 5.74) is 1.87. The Morgan fingerprint density at radius 3 is 2.59 bits per heavy atom. The number of nitrogens with one attached hydrogen (secondary N) is 1. The lowest BCUT2D eigenvalue weighted by Gasteiger charge is -2.31. The highest BCUT2D eigenvalue weighted by Gasteiger charge is 2.35. The molecule has 0 aromatic heterocycles. The Hall–Kier alpha value is -1.37. The molecule has 0 spiro atoms. The smallest absolute Gasteiger partial charge is 0.0991 e. The van der Waals surface area contributed by atoms with E-state index < -0.39 is 0 Å². The predicted molar refractivity (Wildman–Crippen MR) is 64.4 cm³/mol. The first-order chi connectivity index (χ1) is 8.36. The second kappa shape index (κ2) is 4.48. The summed E-state index contributed by atoms with van der Waals surface area (Å²) in [4.78, 5) is 0. The Morgan fingerprint density at radius 1 is 1.18 bits per heavy atom. The second-order valence-corrected chi connectivity index (χ2v) is 4.89. The first kappa shape index (κ1) is 10.8. The lowest BCUT2D eigenvalue weighted by molar-refractivity contribution is -0.0493. The highest BCUT2D eigenvalue weighted by atomic mass is 16.5. The van der Waals surface area contributed by atoms with Gasteiger partial charge in [0.25, 0.3) is 0 Å². The molecular weight excluding hydrogens is 212 g/mol. The van der Waals surface area contributed by atoms with Crippen molar-refractivity contribution in [2.45, 2.75) is 25.0 Å². The van der Waals surface area contributed by atoms with Crippen LogP contribution < -0.4 is 5.32 Å². The highest BCUT2D eigenvalue weighted by molar-refractivity contribution is 5.32. The molecule has 1 aliphatic carbocycles. The van der Waals surface area contributed by atoms with E-state index in [2.05, 4.69) is 11.4 Å². The molecule has 17 heavy (non-hydrogen) atoms. The minimum Gasteiger partial charge on any atom is -0.367 e. The average Bonchev–Trinajstić information content (AvgIpc) is 3.23. The molecule has 1 aromatic rings. The Morgan fingerprint density at radius 2 is 1.94 bits per heavy atom. The maximum atomic E-state index is 8.77. The summed E-state index contributed by atoms with van der Waals surface area (Å²) < 4.78 is 6.12. The van der Waals surface area contributed by atoms with E-state index in [1.165, 1.54) is 18.4 Å². The number of hydrogen-bond acceptors (Lipinski definition) is 3. The molecule has 0 radical (unpaired) electrons. The van der Waals surface area contributed by atoms with Crippen LogP contribution in [0.4, 0.5) is 0 Å². The maximum Gasteiger partial charge on any atom is 0.0991 e. The van der Waals surface area contributed by atoms with Crippen molar-refractivity contribution in [3.05, 3.63) is 35.4 Å². The van der Waals surface area contributed by atoms with E-state index in [-0.39, 0.29) is 6.10 Å². The molecule has 3 rings (SSSR count). The molecule has 0 amide bonds. The molecule has 0 bridgehead atoms. The van der Waals surface area contributed by atoms with Gasteiger partial charge in [-0.2, -0.15) is 5.26 Å². The quantitative estimate of drug-likeness (QED) is 0.842. The van der Waals surface area contributed by atoms with Crippen molar-refractivity contribution >= 4 is 0 Å². The zero-order chi connectivity index (χ0) is 11.7. The fraction of sp³-hybridized carbons (Fsp3) is 0.500. The molecule has 2 fully saturated rings. The molecule has 2 aliphatic rings. The lowest BCUT2D eigenvalue weighted by Crippen LogP contribution is -2.41. The Balaban J connectivity index is 1.71. The number of benzene rings is 1. The monoisotopic (exact) mass is 228 g/mol. The number of rotatable bonds is 2. The largest absolute Gasteiger partial charge is 0.367 e. The van der Waals surface area contributed by atoms with Gasteiger partial charge in [0.15, 0.2) is 0 Å². The summed E-state index contributed by atoms with van der Waals surface area (Å²) in [5, 5.41) is 12.2. The Bertz CT molecular complexity index is 431. The van der Waals surface area contributed by atoms with Crippen LogP contribution in [-0.2, 0) is 4.74 Å². The van der Waals surface area contributed by atoms with E-state index in [9.17, 15) is 0 Å². The topological polar surface area (TPSA) is 45.0 Å². The zero-order valence-electron chi connectivity index (χ0n) is 9.73. The first-order valence-corrected chi connectivity index (χ1v) is 6.23. The van der Waals surface area contributed by atoms with Gasteiger partial charge in [0.05, 0.1) is 23.8 Å². The van der Waals surface area contributed by atoms with Gasteiger partial charge in [-0.15, -0.1) is 0 Å². The van der Waals surface area contributed by atoms with Crippen LogP contribution in [0.2, 0.25) is 0 Å². The second-order valence-electron chi connectivity index (χ2n) is 4.89. The molecule has 2 unspecified atom stereocenters. The zero-order valence-corrected chi connectivity index (χ0v) is 9.73. The van der Waals surface area contributed by atoms with Gasteiger partial charge in [0, 0.05) is 13.1 Å². The molecule has 3 heteroatoms. The van der Waals surface area contributed by atoms with Crippen LogP contribution in [0.15, 0.2) is 24.3 Å². The molecule has 1 N–H and O–H groups in total. The van der Waals surface area contributed by atoms with Gasteiger partial charge in [-0.1, -0.05) is 12.1 Å². The summed E-state index contributed by atoms with van der Waals surface area (Å²) in [7, 11) is 0. The third kappa shape index (κ3) is 2.33. The normalized spacial score (nSPS) is 28.6. The van der Waals surface area contributed by atoms with Gasteiger partial charge in [0.1, 0.15) is 0 Å². The number of nitrogens with zero attached hydrogens (tertiary/aromatic N) is 1. The van der Waals surface area contributed by atoms with Crippen molar-refractivity contribution in [2.24, 2.45) is 5.92 Å². The van der Waals surface area contributed by atoms with E-state index in [1.807, 2.05) is 24.3 Å². The fourth-order valence-corrected chi connectivity index (χ4v) is 2.38. The van der Waals surface area contributed by atoms with E-state index in [1.54, 1.807) is 0 Å². The SMILES string of the molecule is N#Cc1ccc(C2CNCC(C3CC3)O2)cc1. The Labute approximate surface area is 101 Å². The van der Waals surface area contributed by atoms with Gasteiger partial charge in [-0.05, 0) is 36.5 Å². The number of nitriles is 1. The molecule has 1 saturated heterocycles. The number of hydrogen-bond donors (Lipinski definition) is 1.